The molecule has 0 fully saturated rings. The molecule has 0 bridgehead atoms. The molecule has 2 aromatic rings. The summed E-state index contributed by atoms with van der Waals surface area (Å²) in [5.74, 6) is 0.633. The van der Waals surface area contributed by atoms with Gasteiger partial charge in [0.15, 0.2) is 0 Å². The second-order valence-corrected chi connectivity index (χ2v) is 6.15. The number of nitrogens with one attached hydrogen (secondary N) is 1. The minimum atomic E-state index is -0.621. The van der Waals surface area contributed by atoms with Crippen molar-refractivity contribution in [2.24, 2.45) is 0 Å². The van der Waals surface area contributed by atoms with Crippen LogP contribution in [0, 0.1) is 0 Å². The molecule has 110 valence electrons. The third-order valence-electron chi connectivity index (χ3n) is 3.48. The van der Waals surface area contributed by atoms with Crippen LogP contribution in [0.3, 0.4) is 0 Å². The van der Waals surface area contributed by atoms with Gasteiger partial charge in [-0.15, -0.1) is 0 Å². The zero-order valence-corrected chi connectivity index (χ0v) is 13.9. The Labute approximate surface area is 133 Å². The summed E-state index contributed by atoms with van der Waals surface area (Å²) >= 11 is 3.44. The first-order chi connectivity index (χ1) is 9.95. The SMILES string of the molecule is COc1ccc(Br)c(NC(=O)C(C)(C)c2ccccc2)c1. The van der Waals surface area contributed by atoms with Crippen molar-refractivity contribution in [2.45, 2.75) is 19.3 Å². The van der Waals surface area contributed by atoms with Crippen molar-refractivity contribution in [3.63, 3.8) is 0 Å². The van der Waals surface area contributed by atoms with E-state index in [-0.39, 0.29) is 5.91 Å². The van der Waals surface area contributed by atoms with Crippen LogP contribution in [0.25, 0.3) is 0 Å². The van der Waals surface area contributed by atoms with Gasteiger partial charge in [-0.2, -0.15) is 0 Å². The fraction of sp³-hybridized carbons (Fsp3) is 0.235. The average molecular weight is 348 g/mol. The van der Waals surface area contributed by atoms with Gasteiger partial charge in [0.1, 0.15) is 5.75 Å². The van der Waals surface area contributed by atoms with Crippen LogP contribution < -0.4 is 10.1 Å². The molecule has 2 aromatic carbocycles. The first-order valence-corrected chi connectivity index (χ1v) is 7.45. The molecule has 0 atom stereocenters. The largest absolute Gasteiger partial charge is 0.497 e. The van der Waals surface area contributed by atoms with E-state index < -0.39 is 5.41 Å². The van der Waals surface area contributed by atoms with Gasteiger partial charge in [0.25, 0.3) is 0 Å². The molecule has 0 heterocycles. The van der Waals surface area contributed by atoms with Crippen LogP contribution in [0.2, 0.25) is 0 Å². The van der Waals surface area contributed by atoms with Crippen molar-refractivity contribution >= 4 is 27.5 Å². The Bertz CT molecular complexity index is 638. The number of amides is 1. The summed E-state index contributed by atoms with van der Waals surface area (Å²) in [6.07, 6.45) is 0. The van der Waals surface area contributed by atoms with Crippen LogP contribution in [-0.2, 0) is 10.2 Å². The number of halogens is 1. The van der Waals surface area contributed by atoms with E-state index in [1.165, 1.54) is 0 Å². The highest BCUT2D eigenvalue weighted by Crippen LogP contribution is 2.30. The van der Waals surface area contributed by atoms with Gasteiger partial charge < -0.3 is 10.1 Å². The lowest BCUT2D eigenvalue weighted by atomic mass is 9.83. The highest BCUT2D eigenvalue weighted by molar-refractivity contribution is 9.10. The molecule has 1 amide bonds. The third-order valence-corrected chi connectivity index (χ3v) is 4.18. The molecule has 1 N–H and O–H groups in total. The summed E-state index contributed by atoms with van der Waals surface area (Å²) in [5.41, 5.74) is 1.05. The van der Waals surface area contributed by atoms with Crippen molar-refractivity contribution in [1.82, 2.24) is 0 Å². The van der Waals surface area contributed by atoms with Gasteiger partial charge >= 0.3 is 0 Å². The number of carbonyl (C=O) groups excluding carboxylic acids is 1. The van der Waals surface area contributed by atoms with Gasteiger partial charge in [0.2, 0.25) is 5.91 Å². The summed E-state index contributed by atoms with van der Waals surface area (Å²) in [5, 5.41) is 2.96. The highest BCUT2D eigenvalue weighted by Gasteiger charge is 2.30. The van der Waals surface area contributed by atoms with E-state index in [9.17, 15) is 4.79 Å². The molecule has 21 heavy (non-hydrogen) atoms. The van der Waals surface area contributed by atoms with E-state index in [1.807, 2.05) is 56.3 Å². The van der Waals surface area contributed by atoms with Crippen LogP contribution in [-0.4, -0.2) is 13.0 Å². The maximum Gasteiger partial charge on any atom is 0.234 e. The van der Waals surface area contributed by atoms with Crippen LogP contribution in [0.5, 0.6) is 5.75 Å². The van der Waals surface area contributed by atoms with E-state index in [1.54, 1.807) is 13.2 Å². The first kappa shape index (κ1) is 15.6. The van der Waals surface area contributed by atoms with Crippen molar-refractivity contribution < 1.29 is 9.53 Å². The summed E-state index contributed by atoms with van der Waals surface area (Å²) in [6.45, 7) is 3.82. The van der Waals surface area contributed by atoms with Crippen LogP contribution in [0.1, 0.15) is 19.4 Å². The number of hydrogen-bond acceptors (Lipinski definition) is 2. The molecular weight excluding hydrogens is 330 g/mol. The van der Waals surface area contributed by atoms with Crippen molar-refractivity contribution in [3.05, 3.63) is 58.6 Å². The second-order valence-electron chi connectivity index (χ2n) is 5.29. The molecule has 0 radical (unpaired) electrons. The van der Waals surface area contributed by atoms with E-state index >= 15 is 0 Å². The smallest absolute Gasteiger partial charge is 0.234 e. The third kappa shape index (κ3) is 3.45. The Morgan fingerprint density at radius 1 is 1.14 bits per heavy atom. The highest BCUT2D eigenvalue weighted by atomic mass is 79.9. The zero-order chi connectivity index (χ0) is 15.5. The number of ether oxygens (including phenoxy) is 1. The molecule has 0 aromatic heterocycles. The van der Waals surface area contributed by atoms with E-state index in [2.05, 4.69) is 21.2 Å². The molecule has 0 saturated carbocycles. The molecule has 0 aliphatic rings. The lowest BCUT2D eigenvalue weighted by Crippen LogP contribution is -2.34. The van der Waals surface area contributed by atoms with E-state index in [4.69, 9.17) is 4.74 Å². The van der Waals surface area contributed by atoms with Crippen molar-refractivity contribution in [1.29, 1.82) is 0 Å². The number of benzene rings is 2. The first-order valence-electron chi connectivity index (χ1n) is 6.65. The quantitative estimate of drug-likeness (QED) is 0.891. The molecule has 0 aliphatic heterocycles. The molecule has 0 unspecified atom stereocenters. The lowest BCUT2D eigenvalue weighted by Gasteiger charge is -2.24. The van der Waals surface area contributed by atoms with Crippen LogP contribution in [0.15, 0.2) is 53.0 Å². The summed E-state index contributed by atoms with van der Waals surface area (Å²) < 4.78 is 6.01. The monoisotopic (exact) mass is 347 g/mol. The molecule has 0 aliphatic carbocycles. The predicted octanol–water partition coefficient (Wildman–Crippen LogP) is 4.37. The van der Waals surface area contributed by atoms with Gasteiger partial charge in [-0.1, -0.05) is 30.3 Å². The Balaban J connectivity index is 2.25. The maximum absolute atomic E-state index is 12.6. The number of methoxy groups -OCH3 is 1. The summed E-state index contributed by atoms with van der Waals surface area (Å²) in [6, 6.07) is 15.2. The Kier molecular flexibility index (Phi) is 4.68. The fourth-order valence-electron chi connectivity index (χ4n) is 1.99. The fourth-order valence-corrected chi connectivity index (χ4v) is 2.34. The Morgan fingerprint density at radius 3 is 2.43 bits per heavy atom. The van der Waals surface area contributed by atoms with E-state index in [0.29, 0.717) is 11.4 Å². The average Bonchev–Trinajstić information content (AvgIpc) is 2.50. The van der Waals surface area contributed by atoms with Crippen molar-refractivity contribution in [2.75, 3.05) is 12.4 Å². The Hall–Kier alpha value is -1.81. The van der Waals surface area contributed by atoms with E-state index in [0.717, 1.165) is 10.0 Å². The number of rotatable bonds is 4. The summed E-state index contributed by atoms with van der Waals surface area (Å²) in [4.78, 5) is 12.6. The van der Waals surface area contributed by atoms with Gasteiger partial charge in [-0.25, -0.2) is 0 Å². The zero-order valence-electron chi connectivity index (χ0n) is 12.3. The van der Waals surface area contributed by atoms with Crippen molar-refractivity contribution in [3.8, 4) is 5.75 Å². The standard InChI is InChI=1S/C17H18BrNO2/c1-17(2,12-7-5-4-6-8-12)16(20)19-15-11-13(21-3)9-10-14(15)18/h4-11H,1-3H3,(H,19,20). The van der Waals surface area contributed by atoms with Gasteiger partial charge in [-0.05, 0) is 47.5 Å². The number of anilines is 1. The normalized spacial score (nSPS) is 11.0. The lowest BCUT2D eigenvalue weighted by molar-refractivity contribution is -0.120. The molecule has 0 spiro atoms. The molecule has 4 heteroatoms. The number of carbonyl (C=O) groups is 1. The van der Waals surface area contributed by atoms with Crippen LogP contribution in [0.4, 0.5) is 5.69 Å². The minimum absolute atomic E-state index is 0.0670. The van der Waals surface area contributed by atoms with Gasteiger partial charge in [0, 0.05) is 10.5 Å². The minimum Gasteiger partial charge on any atom is -0.497 e. The topological polar surface area (TPSA) is 38.3 Å². The molecular formula is C17H18BrNO2. The van der Waals surface area contributed by atoms with Crippen LogP contribution >= 0.6 is 15.9 Å². The second kappa shape index (κ2) is 6.31. The molecule has 3 nitrogen and oxygen atoms in total. The maximum atomic E-state index is 12.6. The summed E-state index contributed by atoms with van der Waals surface area (Å²) in [7, 11) is 1.60. The Morgan fingerprint density at radius 2 is 1.81 bits per heavy atom. The predicted molar refractivity (Wildman–Crippen MR) is 88.8 cm³/mol. The molecule has 2 rings (SSSR count). The molecule has 0 saturated heterocycles. The van der Waals surface area contributed by atoms with Gasteiger partial charge in [-0.3, -0.25) is 4.79 Å². The van der Waals surface area contributed by atoms with Gasteiger partial charge in [0.05, 0.1) is 18.2 Å². The number of hydrogen-bond donors (Lipinski definition) is 1.